The van der Waals surface area contributed by atoms with E-state index in [1.807, 2.05) is 13.0 Å². The highest BCUT2D eigenvalue weighted by atomic mass is 32.2. The van der Waals surface area contributed by atoms with Gasteiger partial charge in [-0.15, -0.1) is 0 Å². The molecule has 0 bridgehead atoms. The van der Waals surface area contributed by atoms with Crippen molar-refractivity contribution in [1.82, 2.24) is 4.98 Å². The summed E-state index contributed by atoms with van der Waals surface area (Å²) in [6.07, 6.45) is 2.24. The van der Waals surface area contributed by atoms with Gasteiger partial charge in [-0.2, -0.15) is 0 Å². The number of nitrogens with zero attached hydrogens (tertiary/aromatic N) is 2. The molecule has 0 atom stereocenters. The summed E-state index contributed by atoms with van der Waals surface area (Å²) in [6, 6.07) is 6.83. The molecule has 6 nitrogen and oxygen atoms in total. The monoisotopic (exact) mass is 366 g/mol. The third-order valence-electron chi connectivity index (χ3n) is 3.87. The van der Waals surface area contributed by atoms with Gasteiger partial charge in [0.25, 0.3) is 10.0 Å². The first-order valence-electron chi connectivity index (χ1n) is 7.61. The van der Waals surface area contributed by atoms with Crippen LogP contribution in [0.25, 0.3) is 0 Å². The quantitative estimate of drug-likeness (QED) is 0.781. The number of anilines is 1. The van der Waals surface area contributed by atoms with Gasteiger partial charge in [0.15, 0.2) is 0 Å². The summed E-state index contributed by atoms with van der Waals surface area (Å²) in [6.45, 7) is 2.24. The van der Waals surface area contributed by atoms with Gasteiger partial charge < -0.3 is 4.74 Å². The van der Waals surface area contributed by atoms with Crippen molar-refractivity contribution in [2.75, 3.05) is 18.0 Å². The van der Waals surface area contributed by atoms with Crippen molar-refractivity contribution in [2.45, 2.75) is 31.1 Å². The summed E-state index contributed by atoms with van der Waals surface area (Å²) >= 11 is 1.08. The lowest BCUT2D eigenvalue weighted by atomic mass is 10.2. The van der Waals surface area contributed by atoms with Crippen molar-refractivity contribution >= 4 is 32.3 Å². The lowest BCUT2D eigenvalue weighted by molar-refractivity contribution is 0.0600. The molecule has 1 aliphatic heterocycles. The summed E-state index contributed by atoms with van der Waals surface area (Å²) in [4.78, 5) is 16.3. The topological polar surface area (TPSA) is 76.6 Å². The van der Waals surface area contributed by atoms with Gasteiger partial charge in [0.05, 0.1) is 17.7 Å². The molecule has 0 fully saturated rings. The highest BCUT2D eigenvalue weighted by Crippen LogP contribution is 2.36. The second-order valence-corrected chi connectivity index (χ2v) is 8.45. The normalized spacial score (nSPS) is 14.8. The molecule has 3 rings (SSSR count). The molecule has 1 aromatic heterocycles. The van der Waals surface area contributed by atoms with Crippen LogP contribution in [0.5, 0.6) is 0 Å². The summed E-state index contributed by atoms with van der Waals surface area (Å²) in [7, 11) is -2.40. The highest BCUT2D eigenvalue weighted by molar-refractivity contribution is 7.93. The molecule has 1 aromatic carbocycles. The van der Waals surface area contributed by atoms with Gasteiger partial charge in [-0.05, 0) is 43.9 Å². The van der Waals surface area contributed by atoms with E-state index in [0.29, 0.717) is 23.7 Å². The molecule has 2 aromatic rings. The van der Waals surface area contributed by atoms with E-state index in [0.717, 1.165) is 29.7 Å². The van der Waals surface area contributed by atoms with E-state index in [4.69, 9.17) is 4.74 Å². The number of esters is 1. The Kier molecular flexibility index (Phi) is 4.60. The summed E-state index contributed by atoms with van der Waals surface area (Å²) in [5, 5.41) is 0.711. The molecule has 0 amide bonds. The van der Waals surface area contributed by atoms with Crippen LogP contribution in [0.15, 0.2) is 29.2 Å². The second-order valence-electron chi connectivity index (χ2n) is 5.61. The number of benzene rings is 1. The number of aromatic nitrogens is 1. The predicted octanol–water partition coefficient (Wildman–Crippen LogP) is 2.77. The Morgan fingerprint density at radius 1 is 1.33 bits per heavy atom. The van der Waals surface area contributed by atoms with Gasteiger partial charge in [0.2, 0.25) is 5.01 Å². The van der Waals surface area contributed by atoms with Crippen LogP contribution in [0, 0.1) is 6.92 Å². The Balaban J connectivity index is 2.08. The molecule has 0 saturated carbocycles. The average Bonchev–Trinajstić information content (AvgIpc) is 2.87. The lowest BCUT2D eigenvalue weighted by Gasteiger charge is -2.22. The Morgan fingerprint density at radius 3 is 2.83 bits per heavy atom. The largest absolute Gasteiger partial charge is 0.464 e. The van der Waals surface area contributed by atoms with Gasteiger partial charge in [-0.3, -0.25) is 4.31 Å². The van der Waals surface area contributed by atoms with Crippen LogP contribution in [0.1, 0.15) is 33.9 Å². The van der Waals surface area contributed by atoms with Crippen LogP contribution in [-0.2, 0) is 21.2 Å². The van der Waals surface area contributed by atoms with E-state index in [2.05, 4.69) is 4.98 Å². The van der Waals surface area contributed by atoms with Crippen molar-refractivity contribution in [3.05, 3.63) is 40.5 Å². The maximum Gasteiger partial charge on any atom is 0.367 e. The molecule has 0 spiro atoms. The highest BCUT2D eigenvalue weighted by Gasteiger charge is 2.32. The Morgan fingerprint density at radius 2 is 2.12 bits per heavy atom. The number of carbonyl (C=O) groups excluding carboxylic acids is 1. The van der Waals surface area contributed by atoms with Crippen LogP contribution in [0.4, 0.5) is 5.00 Å². The van der Waals surface area contributed by atoms with Crippen molar-refractivity contribution in [1.29, 1.82) is 0 Å². The molecule has 0 N–H and O–H groups in total. The summed E-state index contributed by atoms with van der Waals surface area (Å²) in [5.74, 6) is -0.541. The number of sulfonamides is 1. The Bertz CT molecular complexity index is 874. The van der Waals surface area contributed by atoms with Gasteiger partial charge in [0.1, 0.15) is 5.00 Å². The number of carbonyl (C=O) groups is 1. The van der Waals surface area contributed by atoms with E-state index in [1.54, 1.807) is 18.2 Å². The zero-order chi connectivity index (χ0) is 17.3. The average molecular weight is 366 g/mol. The van der Waals surface area contributed by atoms with E-state index in [9.17, 15) is 13.2 Å². The van der Waals surface area contributed by atoms with Crippen LogP contribution >= 0.6 is 11.3 Å². The maximum atomic E-state index is 13.1. The van der Waals surface area contributed by atoms with Crippen LogP contribution in [-0.4, -0.2) is 33.0 Å². The fourth-order valence-electron chi connectivity index (χ4n) is 2.66. The Hall–Kier alpha value is -1.93. The number of aryl methyl sites for hydroxylation is 2. The van der Waals surface area contributed by atoms with Gasteiger partial charge in [-0.1, -0.05) is 23.5 Å². The predicted molar refractivity (Wildman–Crippen MR) is 92.1 cm³/mol. The minimum atomic E-state index is -3.69. The smallest absolute Gasteiger partial charge is 0.367 e. The third-order valence-corrected chi connectivity index (χ3v) is 6.88. The number of rotatable bonds is 3. The number of hydrogen-bond donors (Lipinski definition) is 0. The van der Waals surface area contributed by atoms with Gasteiger partial charge in [-0.25, -0.2) is 18.2 Å². The number of hydrogen-bond acceptors (Lipinski definition) is 6. The zero-order valence-corrected chi connectivity index (χ0v) is 15.1. The number of thiazole rings is 1. The molecule has 0 unspecified atom stereocenters. The minimum absolute atomic E-state index is 0.189. The fourth-order valence-corrected chi connectivity index (χ4v) is 5.56. The molecule has 128 valence electrons. The van der Waals surface area contributed by atoms with Crippen LogP contribution < -0.4 is 4.31 Å². The first-order chi connectivity index (χ1) is 11.4. The molecular weight excluding hydrogens is 348 g/mol. The van der Waals surface area contributed by atoms with Crippen molar-refractivity contribution in [2.24, 2.45) is 0 Å². The van der Waals surface area contributed by atoms with E-state index in [1.165, 1.54) is 11.4 Å². The first kappa shape index (κ1) is 16.9. The van der Waals surface area contributed by atoms with Crippen molar-refractivity contribution in [3.8, 4) is 0 Å². The second kappa shape index (κ2) is 6.52. The molecule has 24 heavy (non-hydrogen) atoms. The first-order valence-corrected chi connectivity index (χ1v) is 9.86. The summed E-state index contributed by atoms with van der Waals surface area (Å²) in [5.41, 5.74) is 1.53. The van der Waals surface area contributed by atoms with E-state index in [-0.39, 0.29) is 9.90 Å². The van der Waals surface area contributed by atoms with Crippen molar-refractivity contribution in [3.63, 3.8) is 0 Å². The van der Waals surface area contributed by atoms with Gasteiger partial charge >= 0.3 is 5.97 Å². The van der Waals surface area contributed by atoms with Gasteiger partial charge in [0, 0.05) is 6.54 Å². The van der Waals surface area contributed by atoms with Crippen LogP contribution in [0.3, 0.4) is 0 Å². The zero-order valence-electron chi connectivity index (χ0n) is 13.5. The third kappa shape index (κ3) is 3.03. The molecule has 0 radical (unpaired) electrons. The van der Waals surface area contributed by atoms with E-state index >= 15 is 0 Å². The summed E-state index contributed by atoms with van der Waals surface area (Å²) < 4.78 is 32.3. The lowest BCUT2D eigenvalue weighted by Crippen LogP contribution is -2.31. The van der Waals surface area contributed by atoms with Crippen molar-refractivity contribution < 1.29 is 17.9 Å². The molecule has 0 saturated heterocycles. The maximum absolute atomic E-state index is 13.1. The number of ether oxygens (including phenoxy) is 1. The minimum Gasteiger partial charge on any atom is -0.464 e. The molecular formula is C16H18N2O4S2. The SMILES string of the molecule is COC(=O)c1nc2c(s1)N(S(=O)(=O)c1cccc(C)c1)CCCC2. The molecule has 1 aliphatic rings. The molecule has 8 heteroatoms. The number of fused-ring (bicyclic) bond motifs is 1. The molecule has 2 heterocycles. The number of methoxy groups -OCH3 is 1. The van der Waals surface area contributed by atoms with Crippen LogP contribution in [0.2, 0.25) is 0 Å². The standard InChI is InChI=1S/C16H18N2O4S2/c1-11-6-5-7-12(10-11)24(20,21)18-9-4-3-8-13-15(18)23-14(17-13)16(19)22-2/h5-7,10H,3-4,8-9H2,1-2H3. The molecule has 0 aliphatic carbocycles. The Labute approximate surface area is 145 Å². The van der Waals surface area contributed by atoms with E-state index < -0.39 is 16.0 Å². The fraction of sp³-hybridized carbons (Fsp3) is 0.375.